The van der Waals surface area contributed by atoms with Gasteiger partial charge < -0.3 is 25.1 Å². The molecule has 0 saturated carbocycles. The molecule has 0 spiro atoms. The van der Waals surface area contributed by atoms with Crippen molar-refractivity contribution in [1.29, 1.82) is 0 Å². The molecule has 1 aliphatic heterocycles. The van der Waals surface area contributed by atoms with Gasteiger partial charge in [-0.3, -0.25) is 9.79 Å². The van der Waals surface area contributed by atoms with Gasteiger partial charge in [-0.1, -0.05) is 18.2 Å². The number of benzene rings is 1. The predicted octanol–water partition coefficient (Wildman–Crippen LogP) is 1.99. The van der Waals surface area contributed by atoms with Gasteiger partial charge in [0.2, 0.25) is 5.91 Å². The minimum Gasteiger partial charge on any atom is -0.464 e. The Bertz CT molecular complexity index is 806. The number of aryl methyl sites for hydroxylation is 1. The lowest BCUT2D eigenvalue weighted by atomic mass is 10.2. The molecule has 1 aliphatic rings. The van der Waals surface area contributed by atoms with Gasteiger partial charge >= 0.3 is 0 Å². The molecule has 0 fully saturated rings. The molecular formula is C19H25IN4O3. The highest BCUT2D eigenvalue weighted by Crippen LogP contribution is 2.27. The van der Waals surface area contributed by atoms with Crippen LogP contribution in [0, 0.1) is 6.92 Å². The van der Waals surface area contributed by atoms with Crippen molar-refractivity contribution in [3.05, 3.63) is 53.5 Å². The number of carbonyl (C=O) groups excluding carboxylic acids is 1. The van der Waals surface area contributed by atoms with E-state index in [0.717, 1.165) is 17.9 Å². The molecule has 1 atom stereocenters. The summed E-state index contributed by atoms with van der Waals surface area (Å²) in [5.74, 6) is 1.68. The quantitative estimate of drug-likeness (QED) is 0.343. The van der Waals surface area contributed by atoms with E-state index in [1.165, 1.54) is 5.56 Å². The van der Waals surface area contributed by atoms with Crippen LogP contribution in [0.5, 0.6) is 0 Å². The van der Waals surface area contributed by atoms with Crippen LogP contribution in [0.15, 0.2) is 45.8 Å². The van der Waals surface area contributed by atoms with Crippen molar-refractivity contribution < 1.29 is 14.3 Å². The van der Waals surface area contributed by atoms with Crippen LogP contribution >= 0.6 is 24.0 Å². The Morgan fingerprint density at radius 1 is 1.30 bits per heavy atom. The number of furan rings is 1. The molecule has 1 aromatic carbocycles. The standard InChI is InChI=1S/C19H24N4O3.HI/c1-13-7-8-17(26-13)16(24)11-21-19(20-2)22-12-18(25)23-10-9-14-5-3-4-6-15(14)23;/h3-8,16,24H,9-12H2,1-2H3,(H2,20,21,22);1H. The van der Waals surface area contributed by atoms with Gasteiger partial charge in [-0.05, 0) is 37.1 Å². The van der Waals surface area contributed by atoms with Gasteiger partial charge in [-0.25, -0.2) is 0 Å². The summed E-state index contributed by atoms with van der Waals surface area (Å²) in [6, 6.07) is 11.5. The Morgan fingerprint density at radius 3 is 2.78 bits per heavy atom. The third-order valence-electron chi connectivity index (χ3n) is 4.37. The number of hydrogen-bond donors (Lipinski definition) is 3. The SMILES string of the molecule is CN=C(NCC(=O)N1CCc2ccccc21)NCC(O)c1ccc(C)o1.I. The van der Waals surface area contributed by atoms with Crippen LogP contribution in [0.3, 0.4) is 0 Å². The van der Waals surface area contributed by atoms with Crippen LogP contribution in [-0.4, -0.2) is 43.7 Å². The second kappa shape index (κ2) is 9.75. The highest BCUT2D eigenvalue weighted by molar-refractivity contribution is 14.0. The van der Waals surface area contributed by atoms with Crippen LogP contribution in [0.25, 0.3) is 0 Å². The number of aliphatic hydroxyl groups excluding tert-OH is 1. The topological polar surface area (TPSA) is 90.1 Å². The first-order valence-corrected chi connectivity index (χ1v) is 8.65. The van der Waals surface area contributed by atoms with Crippen molar-refractivity contribution in [2.75, 3.05) is 31.6 Å². The molecule has 0 aliphatic carbocycles. The number of anilines is 1. The molecule has 0 bridgehead atoms. The van der Waals surface area contributed by atoms with E-state index < -0.39 is 6.10 Å². The highest BCUT2D eigenvalue weighted by atomic mass is 127. The molecule has 7 nitrogen and oxygen atoms in total. The Morgan fingerprint density at radius 2 is 2.07 bits per heavy atom. The molecule has 27 heavy (non-hydrogen) atoms. The summed E-state index contributed by atoms with van der Waals surface area (Å²) < 4.78 is 5.40. The Kier molecular flexibility index (Phi) is 7.66. The first-order valence-electron chi connectivity index (χ1n) is 8.65. The largest absolute Gasteiger partial charge is 0.464 e. The van der Waals surface area contributed by atoms with Gasteiger partial charge in [0.05, 0.1) is 13.1 Å². The molecule has 0 saturated heterocycles. The number of aliphatic imine (C=N–C) groups is 1. The normalized spacial score (nSPS) is 14.3. The van der Waals surface area contributed by atoms with Crippen LogP contribution < -0.4 is 15.5 Å². The maximum absolute atomic E-state index is 12.5. The molecule has 0 radical (unpaired) electrons. The van der Waals surface area contributed by atoms with Gasteiger partial charge in [0.1, 0.15) is 17.6 Å². The molecule has 2 aromatic rings. The molecular weight excluding hydrogens is 459 g/mol. The van der Waals surface area contributed by atoms with Gasteiger partial charge in [0.15, 0.2) is 5.96 Å². The molecule has 3 N–H and O–H groups in total. The van der Waals surface area contributed by atoms with Crippen LogP contribution in [0.2, 0.25) is 0 Å². The van der Waals surface area contributed by atoms with Crippen LogP contribution in [-0.2, 0) is 11.2 Å². The van der Waals surface area contributed by atoms with E-state index in [4.69, 9.17) is 4.42 Å². The zero-order valence-corrected chi connectivity index (χ0v) is 17.8. The Hall–Kier alpha value is -2.07. The van der Waals surface area contributed by atoms with Gasteiger partial charge in [-0.15, -0.1) is 24.0 Å². The molecule has 1 unspecified atom stereocenters. The Labute approximate surface area is 175 Å². The van der Waals surface area contributed by atoms with Crippen molar-refractivity contribution in [3.8, 4) is 0 Å². The number of amides is 1. The monoisotopic (exact) mass is 484 g/mol. The Balaban J connectivity index is 0.00000261. The second-order valence-electron chi connectivity index (χ2n) is 6.19. The number of guanidine groups is 1. The number of nitrogens with one attached hydrogen (secondary N) is 2. The molecule has 8 heteroatoms. The smallest absolute Gasteiger partial charge is 0.246 e. The zero-order valence-electron chi connectivity index (χ0n) is 15.4. The molecule has 146 valence electrons. The number of aliphatic hydroxyl groups is 1. The molecule has 3 rings (SSSR count). The summed E-state index contributed by atoms with van der Waals surface area (Å²) in [5.41, 5.74) is 2.17. The van der Waals surface area contributed by atoms with Crippen molar-refractivity contribution in [2.24, 2.45) is 4.99 Å². The average molecular weight is 484 g/mol. The zero-order chi connectivity index (χ0) is 18.5. The lowest BCUT2D eigenvalue weighted by molar-refractivity contribution is -0.117. The predicted molar refractivity (Wildman–Crippen MR) is 116 cm³/mol. The third kappa shape index (κ3) is 5.23. The van der Waals surface area contributed by atoms with Gasteiger partial charge in [-0.2, -0.15) is 0 Å². The summed E-state index contributed by atoms with van der Waals surface area (Å²) in [6.45, 7) is 2.88. The number of hydrogen-bond acceptors (Lipinski definition) is 4. The summed E-state index contributed by atoms with van der Waals surface area (Å²) in [7, 11) is 1.62. The molecule has 1 amide bonds. The first kappa shape index (κ1) is 21.2. The van der Waals surface area contributed by atoms with E-state index in [0.29, 0.717) is 18.3 Å². The van der Waals surface area contributed by atoms with E-state index in [-0.39, 0.29) is 43.0 Å². The number of carbonyl (C=O) groups is 1. The number of fused-ring (bicyclic) bond motifs is 1. The minimum absolute atomic E-state index is 0. The van der Waals surface area contributed by atoms with Crippen LogP contribution in [0.4, 0.5) is 5.69 Å². The lowest BCUT2D eigenvalue weighted by Crippen LogP contribution is -2.45. The average Bonchev–Trinajstić information content (AvgIpc) is 3.27. The van der Waals surface area contributed by atoms with E-state index >= 15 is 0 Å². The van der Waals surface area contributed by atoms with Gasteiger partial charge in [0, 0.05) is 19.3 Å². The fraction of sp³-hybridized carbons (Fsp3) is 0.368. The number of nitrogens with zero attached hydrogens (tertiary/aromatic N) is 2. The maximum Gasteiger partial charge on any atom is 0.246 e. The summed E-state index contributed by atoms with van der Waals surface area (Å²) in [6.07, 6.45) is 0.0901. The first-order chi connectivity index (χ1) is 12.6. The van der Waals surface area contributed by atoms with Crippen molar-refractivity contribution in [1.82, 2.24) is 10.6 Å². The van der Waals surface area contributed by atoms with Crippen LogP contribution in [0.1, 0.15) is 23.2 Å². The van der Waals surface area contributed by atoms with Gasteiger partial charge in [0.25, 0.3) is 0 Å². The number of rotatable bonds is 5. The summed E-state index contributed by atoms with van der Waals surface area (Å²) >= 11 is 0. The fourth-order valence-electron chi connectivity index (χ4n) is 3.00. The van der Waals surface area contributed by atoms with E-state index in [1.807, 2.05) is 31.2 Å². The maximum atomic E-state index is 12.5. The number of para-hydroxylation sites is 1. The fourth-order valence-corrected chi connectivity index (χ4v) is 3.00. The minimum atomic E-state index is -0.789. The molecule has 1 aromatic heterocycles. The lowest BCUT2D eigenvalue weighted by Gasteiger charge is -2.19. The summed E-state index contributed by atoms with van der Waals surface area (Å²) in [4.78, 5) is 18.4. The number of halogens is 1. The van der Waals surface area contributed by atoms with Crippen molar-refractivity contribution >= 4 is 41.5 Å². The third-order valence-corrected chi connectivity index (χ3v) is 4.37. The van der Waals surface area contributed by atoms with E-state index in [9.17, 15) is 9.90 Å². The van der Waals surface area contributed by atoms with Crippen molar-refractivity contribution in [3.63, 3.8) is 0 Å². The van der Waals surface area contributed by atoms with E-state index in [1.54, 1.807) is 24.1 Å². The second-order valence-corrected chi connectivity index (χ2v) is 6.19. The molecule has 2 heterocycles. The van der Waals surface area contributed by atoms with E-state index in [2.05, 4.69) is 15.6 Å². The highest BCUT2D eigenvalue weighted by Gasteiger charge is 2.24. The van der Waals surface area contributed by atoms with Crippen molar-refractivity contribution in [2.45, 2.75) is 19.4 Å². The summed E-state index contributed by atoms with van der Waals surface area (Å²) in [5, 5.41) is 16.1.